The zero-order valence-corrected chi connectivity index (χ0v) is 23.8. The van der Waals surface area contributed by atoms with Crippen molar-refractivity contribution in [2.45, 2.75) is 56.2 Å². The Bertz CT molecular complexity index is 1390. The van der Waals surface area contributed by atoms with Crippen LogP contribution in [0.3, 0.4) is 0 Å². The van der Waals surface area contributed by atoms with Gasteiger partial charge in [0.2, 0.25) is 0 Å². The number of nitrogens with zero attached hydrogens (tertiary/aromatic N) is 1. The van der Waals surface area contributed by atoms with Crippen molar-refractivity contribution in [3.05, 3.63) is 105 Å². The van der Waals surface area contributed by atoms with Gasteiger partial charge in [0, 0.05) is 16.5 Å². The van der Waals surface area contributed by atoms with E-state index in [-0.39, 0.29) is 24.2 Å². The molecule has 0 radical (unpaired) electrons. The molecule has 0 saturated carbocycles. The largest absolute Gasteiger partial charge is 0.480 e. The van der Waals surface area contributed by atoms with E-state index in [4.69, 9.17) is 27.9 Å². The molecule has 1 heterocycles. The Labute approximate surface area is 244 Å². The molecule has 1 aliphatic rings. The van der Waals surface area contributed by atoms with Gasteiger partial charge in [0.15, 0.2) is 11.1 Å². The number of rotatable bonds is 10. The minimum absolute atomic E-state index is 0.0575. The summed E-state index contributed by atoms with van der Waals surface area (Å²) in [7, 11) is 0. The highest BCUT2D eigenvalue weighted by molar-refractivity contribution is 7.78. The second-order valence-corrected chi connectivity index (χ2v) is 11.4. The van der Waals surface area contributed by atoms with Gasteiger partial charge in [-0.2, -0.15) is 0 Å². The van der Waals surface area contributed by atoms with Gasteiger partial charge in [-0.1, -0.05) is 66.9 Å². The predicted molar refractivity (Wildman–Crippen MR) is 151 cm³/mol. The van der Waals surface area contributed by atoms with Crippen LogP contribution in [0.5, 0.6) is 0 Å². The summed E-state index contributed by atoms with van der Waals surface area (Å²) in [5.74, 6) is -2.62. The highest BCUT2D eigenvalue weighted by atomic mass is 35.5. The number of morpholine rings is 1. The third-order valence-electron chi connectivity index (χ3n) is 6.87. The van der Waals surface area contributed by atoms with Gasteiger partial charge >= 0.3 is 5.97 Å². The third-order valence-corrected chi connectivity index (χ3v) is 7.93. The second-order valence-electron chi connectivity index (χ2n) is 9.56. The third kappa shape index (κ3) is 6.90. The smallest absolute Gasteiger partial charge is 0.326 e. The molecule has 40 heavy (non-hydrogen) atoms. The maximum atomic E-state index is 14.1. The molecule has 3 aromatic carbocycles. The molecule has 1 fully saturated rings. The fourth-order valence-electron chi connectivity index (χ4n) is 5.07. The van der Waals surface area contributed by atoms with Gasteiger partial charge in [0.05, 0.1) is 11.8 Å². The molecule has 0 aliphatic carbocycles. The first-order valence-corrected chi connectivity index (χ1v) is 14.7. The van der Waals surface area contributed by atoms with Crippen LogP contribution >= 0.6 is 23.2 Å². The summed E-state index contributed by atoms with van der Waals surface area (Å²) in [6, 6.07) is 15.5. The van der Waals surface area contributed by atoms with Crippen LogP contribution in [0.25, 0.3) is 0 Å². The molecule has 3 aromatic rings. The number of halogens is 3. The summed E-state index contributed by atoms with van der Waals surface area (Å²) in [6.45, 7) is 1.84. The lowest BCUT2D eigenvalue weighted by atomic mass is 9.88. The van der Waals surface area contributed by atoms with E-state index >= 15 is 0 Å². The highest BCUT2D eigenvalue weighted by Crippen LogP contribution is 2.44. The minimum Gasteiger partial charge on any atom is -0.480 e. The molecule has 0 bridgehead atoms. The van der Waals surface area contributed by atoms with Crippen LogP contribution in [-0.4, -0.2) is 42.8 Å². The molecule has 0 spiro atoms. The number of carbonyl (C=O) groups is 2. The topological polar surface area (TPSA) is 104 Å². The van der Waals surface area contributed by atoms with Crippen molar-refractivity contribution in [3.8, 4) is 0 Å². The number of benzene rings is 3. The Morgan fingerprint density at radius 1 is 1.02 bits per heavy atom. The predicted octanol–water partition coefficient (Wildman–Crippen LogP) is 6.36. The average molecular weight is 609 g/mol. The van der Waals surface area contributed by atoms with Crippen LogP contribution in [0, 0.1) is 5.82 Å². The Hall–Kier alpha value is -2.82. The average Bonchev–Trinajstić information content (AvgIpc) is 2.90. The molecule has 1 amide bonds. The van der Waals surface area contributed by atoms with Crippen molar-refractivity contribution < 1.29 is 32.6 Å². The number of ether oxygens (including phenoxy) is 1. The number of carbonyl (C=O) groups excluding carboxylic acids is 1. The van der Waals surface area contributed by atoms with E-state index in [1.54, 1.807) is 48.5 Å². The lowest BCUT2D eigenvalue weighted by Gasteiger charge is -2.47. The van der Waals surface area contributed by atoms with E-state index < -0.39 is 53.1 Å². The Balaban J connectivity index is 1.86. The SMILES string of the molecule is CCC[C@H](C(=O)O)N1C(=O)[C@H](Cc2ccc(F)cc2CS(=O)O)O[C@@H](c2ccc(Cl)cc2)[C@H]1c1ccc(Cl)cc1. The molecule has 0 aromatic heterocycles. The van der Waals surface area contributed by atoms with Gasteiger partial charge in [0.1, 0.15) is 24.1 Å². The molecular formula is C29H28Cl2FNO6S. The lowest BCUT2D eigenvalue weighted by Crippen LogP contribution is -2.57. The van der Waals surface area contributed by atoms with E-state index in [1.165, 1.54) is 17.0 Å². The van der Waals surface area contributed by atoms with Gasteiger partial charge in [0.25, 0.3) is 5.91 Å². The van der Waals surface area contributed by atoms with Gasteiger partial charge in [-0.05, 0) is 65.1 Å². The fraction of sp³-hybridized carbons (Fsp3) is 0.310. The second kappa shape index (κ2) is 13.2. The Morgan fingerprint density at radius 2 is 1.62 bits per heavy atom. The van der Waals surface area contributed by atoms with Crippen LogP contribution in [0.1, 0.15) is 54.2 Å². The van der Waals surface area contributed by atoms with Crippen LogP contribution in [-0.2, 0) is 37.6 Å². The first-order valence-electron chi connectivity index (χ1n) is 12.6. The maximum Gasteiger partial charge on any atom is 0.326 e. The van der Waals surface area contributed by atoms with Crippen molar-refractivity contribution in [3.63, 3.8) is 0 Å². The molecule has 1 saturated heterocycles. The summed E-state index contributed by atoms with van der Waals surface area (Å²) in [5, 5.41) is 11.2. The van der Waals surface area contributed by atoms with E-state index in [2.05, 4.69) is 0 Å². The zero-order valence-electron chi connectivity index (χ0n) is 21.5. The molecule has 1 aliphatic heterocycles. The fourth-order valence-corrected chi connectivity index (χ4v) is 5.85. The summed E-state index contributed by atoms with van der Waals surface area (Å²) in [5.41, 5.74) is 2.01. The van der Waals surface area contributed by atoms with Gasteiger partial charge in [-0.3, -0.25) is 4.79 Å². The number of aliphatic carboxylic acids is 1. The lowest BCUT2D eigenvalue weighted by molar-refractivity contribution is -0.184. The van der Waals surface area contributed by atoms with Gasteiger partial charge in [-0.25, -0.2) is 13.4 Å². The first-order chi connectivity index (χ1) is 19.1. The number of carboxylic acid groups (broad SMARTS) is 1. The quantitative estimate of drug-likeness (QED) is 0.260. The van der Waals surface area contributed by atoms with Crippen molar-refractivity contribution in [2.24, 2.45) is 0 Å². The molecular weight excluding hydrogens is 580 g/mol. The molecule has 5 atom stereocenters. The Morgan fingerprint density at radius 3 is 2.17 bits per heavy atom. The minimum atomic E-state index is -2.25. The zero-order chi connectivity index (χ0) is 29.0. The van der Waals surface area contributed by atoms with Gasteiger partial charge in [-0.15, -0.1) is 0 Å². The van der Waals surface area contributed by atoms with Crippen molar-refractivity contribution >= 4 is 46.2 Å². The summed E-state index contributed by atoms with van der Waals surface area (Å²) in [4.78, 5) is 28.1. The summed E-state index contributed by atoms with van der Waals surface area (Å²) in [6.07, 6.45) is -1.29. The number of carboxylic acids is 1. The highest BCUT2D eigenvalue weighted by Gasteiger charge is 2.48. The summed E-state index contributed by atoms with van der Waals surface area (Å²) >= 11 is 10.0. The maximum absolute atomic E-state index is 14.1. The molecule has 1 unspecified atom stereocenters. The standard InChI is InChI=1S/C29H28Cl2FNO6S/c1-2-3-24(29(35)36)33-26(17-4-9-21(30)10-5-17)27(18-6-11-22(31)12-7-18)39-25(28(33)34)15-19-8-13-23(32)14-20(19)16-40(37)38/h4-14,24-27H,2-3,15-16H2,1H3,(H,35,36)(H,37,38)/t24-,25+,26-,27+/m1/s1. The monoisotopic (exact) mass is 607 g/mol. The first kappa shape index (κ1) is 30.1. The van der Waals surface area contributed by atoms with Crippen LogP contribution in [0.2, 0.25) is 10.0 Å². The number of amides is 1. The van der Waals surface area contributed by atoms with Crippen LogP contribution < -0.4 is 0 Å². The van der Waals surface area contributed by atoms with E-state index in [1.807, 2.05) is 6.92 Å². The summed E-state index contributed by atoms with van der Waals surface area (Å²) < 4.78 is 41.5. The molecule has 212 valence electrons. The van der Waals surface area contributed by atoms with E-state index in [0.717, 1.165) is 6.07 Å². The van der Waals surface area contributed by atoms with Crippen molar-refractivity contribution in [2.75, 3.05) is 0 Å². The van der Waals surface area contributed by atoms with Crippen LogP contribution in [0.4, 0.5) is 4.39 Å². The normalized spacial score (nSPS) is 20.8. The molecule has 7 nitrogen and oxygen atoms in total. The van der Waals surface area contributed by atoms with Crippen molar-refractivity contribution in [1.29, 1.82) is 0 Å². The van der Waals surface area contributed by atoms with Crippen LogP contribution in [0.15, 0.2) is 66.7 Å². The molecule has 11 heteroatoms. The van der Waals surface area contributed by atoms with Gasteiger partial charge < -0.3 is 19.3 Å². The number of hydrogen-bond donors (Lipinski definition) is 2. The number of hydrogen-bond acceptors (Lipinski definition) is 4. The molecule has 4 rings (SSSR count). The Kier molecular flexibility index (Phi) is 9.97. The van der Waals surface area contributed by atoms with Crippen molar-refractivity contribution in [1.82, 2.24) is 4.90 Å². The molecule has 2 N–H and O–H groups in total. The van der Waals surface area contributed by atoms with E-state index in [9.17, 15) is 27.8 Å². The van der Waals surface area contributed by atoms with E-state index in [0.29, 0.717) is 33.2 Å².